The number of ether oxygens (including phenoxy) is 1. The quantitative estimate of drug-likeness (QED) is 0.508. The molecule has 2 aromatic heterocycles. The van der Waals surface area contributed by atoms with Crippen LogP contribution in [0.5, 0.6) is 0 Å². The summed E-state index contributed by atoms with van der Waals surface area (Å²) in [5.41, 5.74) is 16.3. The van der Waals surface area contributed by atoms with Crippen molar-refractivity contribution in [1.82, 2.24) is 15.0 Å². The van der Waals surface area contributed by atoms with Crippen molar-refractivity contribution in [3.63, 3.8) is 0 Å². The zero-order valence-electron chi connectivity index (χ0n) is 19.6. The molecule has 182 valence electrons. The van der Waals surface area contributed by atoms with Gasteiger partial charge in [0.2, 0.25) is 0 Å². The SMILES string of the molecule is Nc1ncc(-c2ccc(N3CCC[C@H](N)C3)cc2)nc1C(=O)Nc1cnccc1N1CCOCC1. The third-order valence-corrected chi connectivity index (χ3v) is 6.40. The summed E-state index contributed by atoms with van der Waals surface area (Å²) in [4.78, 5) is 30.6. The highest BCUT2D eigenvalue weighted by atomic mass is 16.5. The summed E-state index contributed by atoms with van der Waals surface area (Å²) in [5, 5.41) is 2.91. The average molecular weight is 475 g/mol. The highest BCUT2D eigenvalue weighted by molar-refractivity contribution is 6.07. The molecule has 3 aromatic rings. The lowest BCUT2D eigenvalue weighted by molar-refractivity contribution is 0.102. The van der Waals surface area contributed by atoms with E-state index in [2.05, 4.69) is 42.2 Å². The number of morpholine rings is 1. The van der Waals surface area contributed by atoms with Gasteiger partial charge in [-0.05, 0) is 31.0 Å². The van der Waals surface area contributed by atoms with E-state index in [0.29, 0.717) is 24.6 Å². The van der Waals surface area contributed by atoms with Gasteiger partial charge in [0.1, 0.15) is 0 Å². The first-order chi connectivity index (χ1) is 17.1. The second-order valence-corrected chi connectivity index (χ2v) is 8.83. The van der Waals surface area contributed by atoms with Crippen molar-refractivity contribution in [2.75, 3.05) is 60.2 Å². The second-order valence-electron chi connectivity index (χ2n) is 8.83. The normalized spacial score (nSPS) is 18.4. The van der Waals surface area contributed by atoms with Gasteiger partial charge in [-0.25, -0.2) is 9.97 Å². The van der Waals surface area contributed by atoms with E-state index in [0.717, 1.165) is 56.0 Å². The number of nitrogen functional groups attached to an aromatic ring is 1. The van der Waals surface area contributed by atoms with Gasteiger partial charge in [-0.15, -0.1) is 0 Å². The van der Waals surface area contributed by atoms with Crippen LogP contribution in [0.2, 0.25) is 0 Å². The van der Waals surface area contributed by atoms with Gasteiger partial charge in [0.15, 0.2) is 11.5 Å². The van der Waals surface area contributed by atoms with Gasteiger partial charge in [-0.2, -0.15) is 0 Å². The van der Waals surface area contributed by atoms with Crippen LogP contribution >= 0.6 is 0 Å². The molecule has 0 aliphatic carbocycles. The number of piperidine rings is 1. The molecule has 0 bridgehead atoms. The number of carbonyl (C=O) groups is 1. The smallest absolute Gasteiger partial charge is 0.278 e. The first kappa shape index (κ1) is 23.0. The molecule has 2 saturated heterocycles. The van der Waals surface area contributed by atoms with Crippen LogP contribution in [0.25, 0.3) is 11.3 Å². The van der Waals surface area contributed by atoms with Crippen LogP contribution in [-0.4, -0.2) is 66.3 Å². The lowest BCUT2D eigenvalue weighted by Gasteiger charge is -2.32. The Balaban J connectivity index is 1.35. The largest absolute Gasteiger partial charge is 0.382 e. The van der Waals surface area contributed by atoms with E-state index >= 15 is 0 Å². The first-order valence-electron chi connectivity index (χ1n) is 11.9. The van der Waals surface area contributed by atoms with Gasteiger partial charge in [0.25, 0.3) is 5.91 Å². The zero-order valence-corrected chi connectivity index (χ0v) is 19.6. The number of rotatable bonds is 5. The zero-order chi connectivity index (χ0) is 24.2. The maximum absolute atomic E-state index is 13.2. The average Bonchev–Trinajstić information content (AvgIpc) is 2.90. The molecule has 1 atom stereocenters. The van der Waals surface area contributed by atoms with E-state index in [-0.39, 0.29) is 17.6 Å². The number of hydrogen-bond acceptors (Lipinski definition) is 9. The van der Waals surface area contributed by atoms with Crippen LogP contribution in [0.4, 0.5) is 22.9 Å². The Morgan fingerprint density at radius 2 is 1.86 bits per heavy atom. The highest BCUT2D eigenvalue weighted by Gasteiger charge is 2.20. The van der Waals surface area contributed by atoms with Gasteiger partial charge in [0.05, 0.1) is 42.7 Å². The van der Waals surface area contributed by atoms with Gasteiger partial charge in [0, 0.05) is 49.7 Å². The number of pyridine rings is 1. The van der Waals surface area contributed by atoms with Crippen LogP contribution in [0.15, 0.2) is 48.9 Å². The number of aromatic nitrogens is 3. The minimum absolute atomic E-state index is 0.0713. The molecule has 0 unspecified atom stereocenters. The van der Waals surface area contributed by atoms with Crippen LogP contribution < -0.4 is 26.6 Å². The number of nitrogens with one attached hydrogen (secondary N) is 1. The Hall–Kier alpha value is -3.76. The molecule has 0 saturated carbocycles. The molecule has 2 aliphatic heterocycles. The highest BCUT2D eigenvalue weighted by Crippen LogP contribution is 2.27. The molecular weight excluding hydrogens is 444 g/mol. The number of benzene rings is 1. The maximum Gasteiger partial charge on any atom is 0.278 e. The van der Waals surface area contributed by atoms with Crippen LogP contribution in [0.1, 0.15) is 23.3 Å². The predicted molar refractivity (Wildman–Crippen MR) is 137 cm³/mol. The first-order valence-corrected chi connectivity index (χ1v) is 11.9. The summed E-state index contributed by atoms with van der Waals surface area (Å²) in [6.45, 7) is 4.61. The summed E-state index contributed by atoms with van der Waals surface area (Å²) in [6, 6.07) is 10.1. The molecule has 4 heterocycles. The Labute approximate surface area is 204 Å². The Kier molecular flexibility index (Phi) is 6.73. The molecule has 1 amide bonds. The Bertz CT molecular complexity index is 1180. The molecule has 35 heavy (non-hydrogen) atoms. The van der Waals surface area contributed by atoms with E-state index in [1.165, 1.54) is 0 Å². The van der Waals surface area contributed by atoms with Crippen molar-refractivity contribution in [2.45, 2.75) is 18.9 Å². The fourth-order valence-corrected chi connectivity index (χ4v) is 4.54. The van der Waals surface area contributed by atoms with Gasteiger partial charge in [-0.1, -0.05) is 12.1 Å². The lowest BCUT2D eigenvalue weighted by atomic mass is 10.1. The number of nitrogens with two attached hydrogens (primary N) is 2. The third-order valence-electron chi connectivity index (χ3n) is 6.40. The number of anilines is 4. The lowest BCUT2D eigenvalue weighted by Crippen LogP contribution is -2.42. The molecule has 0 spiro atoms. The summed E-state index contributed by atoms with van der Waals surface area (Å²) in [7, 11) is 0. The van der Waals surface area contributed by atoms with E-state index in [1.54, 1.807) is 18.6 Å². The topological polar surface area (TPSA) is 136 Å². The molecule has 0 radical (unpaired) electrons. The van der Waals surface area contributed by atoms with Crippen LogP contribution in [0.3, 0.4) is 0 Å². The molecule has 10 heteroatoms. The number of amides is 1. The van der Waals surface area contributed by atoms with E-state index < -0.39 is 5.91 Å². The van der Waals surface area contributed by atoms with Crippen molar-refractivity contribution in [1.29, 1.82) is 0 Å². The molecule has 5 rings (SSSR count). The predicted octanol–water partition coefficient (Wildman–Crippen LogP) is 2.14. The monoisotopic (exact) mass is 474 g/mol. The van der Waals surface area contributed by atoms with Crippen molar-refractivity contribution in [2.24, 2.45) is 5.73 Å². The van der Waals surface area contributed by atoms with Crippen molar-refractivity contribution in [3.8, 4) is 11.3 Å². The maximum atomic E-state index is 13.2. The van der Waals surface area contributed by atoms with Crippen molar-refractivity contribution >= 4 is 28.8 Å². The van der Waals surface area contributed by atoms with Gasteiger partial charge >= 0.3 is 0 Å². The van der Waals surface area contributed by atoms with Crippen LogP contribution in [-0.2, 0) is 4.74 Å². The molecule has 10 nitrogen and oxygen atoms in total. The fraction of sp³-hybridized carbons (Fsp3) is 0.360. The standard InChI is InChI=1S/C25H30N8O2/c26-18-2-1-9-33(16-18)19-5-3-17(4-6-19)20-15-29-24(27)23(30-20)25(34)31-21-14-28-8-7-22(21)32-10-12-35-13-11-32/h3-8,14-15,18H,1-2,9-13,16,26H2,(H2,27,29)(H,31,34)/t18-/m0/s1. The van der Waals surface area contributed by atoms with E-state index in [1.807, 2.05) is 18.2 Å². The summed E-state index contributed by atoms with van der Waals surface area (Å²) in [5.74, 6) is -0.361. The van der Waals surface area contributed by atoms with Crippen molar-refractivity contribution in [3.05, 3.63) is 54.6 Å². The number of nitrogens with zero attached hydrogens (tertiary/aromatic N) is 5. The molecule has 1 aromatic carbocycles. The van der Waals surface area contributed by atoms with Crippen LogP contribution in [0, 0.1) is 0 Å². The molecular formula is C25H30N8O2. The molecule has 2 fully saturated rings. The molecule has 2 aliphatic rings. The second kappa shape index (κ2) is 10.2. The minimum atomic E-state index is -0.432. The Morgan fingerprint density at radius 3 is 2.63 bits per heavy atom. The fourth-order valence-electron chi connectivity index (χ4n) is 4.54. The van der Waals surface area contributed by atoms with Gasteiger partial charge in [-0.3, -0.25) is 9.78 Å². The third kappa shape index (κ3) is 5.18. The number of hydrogen-bond donors (Lipinski definition) is 3. The van der Waals surface area contributed by atoms with Crippen molar-refractivity contribution < 1.29 is 9.53 Å². The molecule has 5 N–H and O–H groups in total. The summed E-state index contributed by atoms with van der Waals surface area (Å²) < 4.78 is 5.44. The van der Waals surface area contributed by atoms with E-state index in [9.17, 15) is 4.79 Å². The van der Waals surface area contributed by atoms with Gasteiger partial charge < -0.3 is 31.3 Å². The van der Waals surface area contributed by atoms with E-state index in [4.69, 9.17) is 16.2 Å². The number of carbonyl (C=O) groups excluding carboxylic acids is 1. The summed E-state index contributed by atoms with van der Waals surface area (Å²) in [6.07, 6.45) is 7.07. The summed E-state index contributed by atoms with van der Waals surface area (Å²) >= 11 is 0. The Morgan fingerprint density at radius 1 is 1.06 bits per heavy atom. The minimum Gasteiger partial charge on any atom is -0.382 e.